The number of nitrogens with zero attached hydrogens (tertiary/aromatic N) is 4. The molecule has 154 valence electrons. The van der Waals surface area contributed by atoms with Crippen molar-refractivity contribution in [3.63, 3.8) is 0 Å². The summed E-state index contributed by atoms with van der Waals surface area (Å²) in [6.07, 6.45) is 0.262. The Morgan fingerprint density at radius 2 is 1.90 bits per heavy atom. The number of Topliss-reactive ketones (excluding diaryl/α,β-unsaturated/α-hetero) is 1. The topological polar surface area (TPSA) is 69.4 Å². The summed E-state index contributed by atoms with van der Waals surface area (Å²) in [6, 6.07) is 13.0. The van der Waals surface area contributed by atoms with Crippen molar-refractivity contribution in [1.82, 2.24) is 14.8 Å². The fraction of sp³-hybridized carbons (Fsp3) is 0.304. The summed E-state index contributed by atoms with van der Waals surface area (Å²) in [5.74, 6) is 2.16. The van der Waals surface area contributed by atoms with Crippen LogP contribution in [0.5, 0.6) is 5.75 Å². The van der Waals surface area contributed by atoms with E-state index in [0.717, 1.165) is 34.1 Å². The van der Waals surface area contributed by atoms with Crippen molar-refractivity contribution in [2.45, 2.75) is 33.2 Å². The largest absolute Gasteiger partial charge is 0.497 e. The molecule has 1 unspecified atom stereocenters. The molecule has 1 aromatic heterocycles. The van der Waals surface area contributed by atoms with Gasteiger partial charge in [-0.15, -0.1) is 10.2 Å². The molecule has 0 radical (unpaired) electrons. The Balaban J connectivity index is 1.97. The van der Waals surface area contributed by atoms with Gasteiger partial charge in [-0.25, -0.2) is 0 Å². The van der Waals surface area contributed by atoms with Crippen LogP contribution in [0.4, 0.5) is 0 Å². The van der Waals surface area contributed by atoms with E-state index in [4.69, 9.17) is 21.3 Å². The number of halogens is 1. The third kappa shape index (κ3) is 3.63. The van der Waals surface area contributed by atoms with E-state index < -0.39 is 6.04 Å². The molecule has 1 aliphatic heterocycles. The zero-order valence-electron chi connectivity index (χ0n) is 17.4. The summed E-state index contributed by atoms with van der Waals surface area (Å²) < 4.78 is 7.44. The smallest absolute Gasteiger partial charge is 0.162 e. The molecule has 4 rings (SSSR count). The van der Waals surface area contributed by atoms with Crippen LogP contribution in [0.25, 0.3) is 5.69 Å². The number of hydrogen-bond acceptors (Lipinski definition) is 5. The summed E-state index contributed by atoms with van der Waals surface area (Å²) in [5.41, 5.74) is 3.50. The highest BCUT2D eigenvalue weighted by Gasteiger charge is 2.30. The Kier molecular flexibility index (Phi) is 5.43. The molecule has 1 aliphatic rings. The molecule has 2 aromatic carbocycles. The molecule has 0 bridgehead atoms. The van der Waals surface area contributed by atoms with Gasteiger partial charge in [-0.1, -0.05) is 37.6 Å². The lowest BCUT2D eigenvalue weighted by Gasteiger charge is -2.14. The third-order valence-electron chi connectivity index (χ3n) is 5.29. The van der Waals surface area contributed by atoms with Crippen molar-refractivity contribution in [3.8, 4) is 11.4 Å². The van der Waals surface area contributed by atoms with Crippen molar-refractivity contribution in [3.05, 3.63) is 70.3 Å². The summed E-state index contributed by atoms with van der Waals surface area (Å²) in [4.78, 5) is 17.7. The van der Waals surface area contributed by atoms with Crippen molar-refractivity contribution in [2.24, 2.45) is 10.9 Å². The summed E-state index contributed by atoms with van der Waals surface area (Å²) in [7, 11) is 1.64. The van der Waals surface area contributed by atoms with E-state index >= 15 is 0 Å². The van der Waals surface area contributed by atoms with Gasteiger partial charge in [0.15, 0.2) is 5.82 Å². The van der Waals surface area contributed by atoms with Crippen LogP contribution in [0.1, 0.15) is 49.1 Å². The third-order valence-corrected chi connectivity index (χ3v) is 5.54. The monoisotopic (exact) mass is 422 g/mol. The second kappa shape index (κ2) is 8.03. The molecule has 30 heavy (non-hydrogen) atoms. The maximum atomic E-state index is 12.6. The van der Waals surface area contributed by atoms with Crippen LogP contribution in [-0.2, 0) is 4.79 Å². The van der Waals surface area contributed by atoms with Crippen LogP contribution in [0, 0.1) is 12.8 Å². The number of rotatable bonds is 5. The van der Waals surface area contributed by atoms with Gasteiger partial charge in [0.2, 0.25) is 0 Å². The maximum absolute atomic E-state index is 12.6. The van der Waals surface area contributed by atoms with Gasteiger partial charge in [0.1, 0.15) is 23.4 Å². The molecule has 3 aromatic rings. The molecule has 0 aliphatic carbocycles. The van der Waals surface area contributed by atoms with Crippen LogP contribution >= 0.6 is 11.6 Å². The Labute approximate surface area is 180 Å². The van der Waals surface area contributed by atoms with Crippen molar-refractivity contribution in [1.29, 1.82) is 0 Å². The number of fused-ring (bicyclic) bond motifs is 3. The summed E-state index contributed by atoms with van der Waals surface area (Å²) in [5, 5.41) is 9.33. The summed E-state index contributed by atoms with van der Waals surface area (Å²) >= 11 is 6.11. The van der Waals surface area contributed by atoms with E-state index in [1.807, 2.05) is 67.8 Å². The quantitative estimate of drug-likeness (QED) is 0.595. The molecule has 0 spiro atoms. The molecular formula is C23H23ClN4O2. The minimum atomic E-state index is -0.440. The Hall–Kier alpha value is -2.99. The number of aliphatic imine (C=N–C) groups is 1. The normalized spacial score (nSPS) is 15.3. The van der Waals surface area contributed by atoms with Gasteiger partial charge in [-0.2, -0.15) is 0 Å². The van der Waals surface area contributed by atoms with Crippen LogP contribution in [-0.4, -0.2) is 33.4 Å². The number of aryl methyl sites for hydroxylation is 1. The molecular weight excluding hydrogens is 400 g/mol. The fourth-order valence-electron chi connectivity index (χ4n) is 3.60. The number of aromatic nitrogens is 3. The standard InChI is InChI=1S/C23H23ClN4O2/c1-13(2)21(29)12-19-23-27-26-14(3)28(23)20-11-17(30-4)9-10-18(20)22(25-19)15-5-7-16(24)8-6-15/h5-11,13,19H,12H2,1-4H3. The molecule has 0 saturated carbocycles. The lowest BCUT2D eigenvalue weighted by Crippen LogP contribution is -2.14. The lowest BCUT2D eigenvalue weighted by atomic mass is 9.99. The number of ketones is 1. The number of benzene rings is 2. The van der Waals surface area contributed by atoms with E-state index in [0.29, 0.717) is 10.8 Å². The van der Waals surface area contributed by atoms with Gasteiger partial charge in [0.25, 0.3) is 0 Å². The Morgan fingerprint density at radius 1 is 1.17 bits per heavy atom. The van der Waals surface area contributed by atoms with Crippen LogP contribution in [0.3, 0.4) is 0 Å². The van der Waals surface area contributed by atoms with Crippen LogP contribution < -0.4 is 4.74 Å². The van der Waals surface area contributed by atoms with Crippen molar-refractivity contribution < 1.29 is 9.53 Å². The van der Waals surface area contributed by atoms with Crippen molar-refractivity contribution >= 4 is 23.1 Å². The van der Waals surface area contributed by atoms with Crippen LogP contribution in [0.15, 0.2) is 47.5 Å². The average Bonchev–Trinajstić information content (AvgIpc) is 3.06. The molecule has 0 fully saturated rings. The Bertz CT molecular complexity index is 1130. The van der Waals surface area contributed by atoms with Crippen LogP contribution in [0.2, 0.25) is 5.02 Å². The van der Waals surface area contributed by atoms with E-state index in [-0.39, 0.29) is 18.1 Å². The molecule has 6 nitrogen and oxygen atoms in total. The number of hydrogen-bond donors (Lipinski definition) is 0. The average molecular weight is 423 g/mol. The first-order valence-corrected chi connectivity index (χ1v) is 10.2. The first-order chi connectivity index (χ1) is 14.4. The highest BCUT2D eigenvalue weighted by Crippen LogP contribution is 2.35. The summed E-state index contributed by atoms with van der Waals surface area (Å²) in [6.45, 7) is 5.70. The predicted octanol–water partition coefficient (Wildman–Crippen LogP) is 4.75. The first-order valence-electron chi connectivity index (χ1n) is 9.86. The SMILES string of the molecule is COc1ccc2c(c1)-n1c(C)nnc1C(CC(=O)C(C)C)N=C2c1ccc(Cl)cc1. The van der Waals surface area contributed by atoms with Gasteiger partial charge >= 0.3 is 0 Å². The van der Waals surface area contributed by atoms with Gasteiger partial charge in [0.05, 0.1) is 18.5 Å². The zero-order valence-corrected chi connectivity index (χ0v) is 18.1. The second-order valence-corrected chi connectivity index (χ2v) is 8.09. The fourth-order valence-corrected chi connectivity index (χ4v) is 3.73. The number of ether oxygens (including phenoxy) is 1. The molecule has 0 amide bonds. The van der Waals surface area contributed by atoms with E-state index in [1.165, 1.54) is 0 Å². The van der Waals surface area contributed by atoms with E-state index in [9.17, 15) is 4.79 Å². The zero-order chi connectivity index (χ0) is 21.4. The van der Waals surface area contributed by atoms with Gasteiger partial charge in [-0.05, 0) is 31.2 Å². The molecule has 2 heterocycles. The first kappa shape index (κ1) is 20.3. The Morgan fingerprint density at radius 3 is 2.57 bits per heavy atom. The molecule has 7 heteroatoms. The number of carbonyl (C=O) groups excluding carboxylic acids is 1. The van der Waals surface area contributed by atoms with Gasteiger partial charge < -0.3 is 4.74 Å². The molecule has 0 N–H and O–H groups in total. The maximum Gasteiger partial charge on any atom is 0.162 e. The predicted molar refractivity (Wildman–Crippen MR) is 117 cm³/mol. The highest BCUT2D eigenvalue weighted by molar-refractivity contribution is 6.30. The van der Waals surface area contributed by atoms with E-state index in [2.05, 4.69) is 10.2 Å². The second-order valence-electron chi connectivity index (χ2n) is 7.65. The number of methoxy groups -OCH3 is 1. The minimum Gasteiger partial charge on any atom is -0.497 e. The number of carbonyl (C=O) groups is 1. The lowest BCUT2D eigenvalue weighted by molar-refractivity contribution is -0.122. The van der Waals surface area contributed by atoms with Gasteiger partial charge in [-0.3, -0.25) is 14.4 Å². The molecule has 0 saturated heterocycles. The van der Waals surface area contributed by atoms with E-state index in [1.54, 1.807) is 7.11 Å². The minimum absolute atomic E-state index is 0.0811. The van der Waals surface area contributed by atoms with Crippen molar-refractivity contribution in [2.75, 3.05) is 7.11 Å². The highest BCUT2D eigenvalue weighted by atomic mass is 35.5. The molecule has 1 atom stereocenters. The van der Waals surface area contributed by atoms with Gasteiger partial charge in [0, 0.05) is 34.6 Å².